The maximum atomic E-state index is 12.9. The van der Waals surface area contributed by atoms with Crippen LogP contribution in [0.25, 0.3) is 11.4 Å². The molecule has 0 atom stereocenters. The van der Waals surface area contributed by atoms with Crippen molar-refractivity contribution in [2.24, 2.45) is 7.05 Å². The lowest BCUT2D eigenvalue weighted by atomic mass is 10.2. The fourth-order valence-corrected chi connectivity index (χ4v) is 4.25. The minimum atomic E-state index is -0.366. The molecule has 4 rings (SSSR count). The third-order valence-electron chi connectivity index (χ3n) is 4.80. The van der Waals surface area contributed by atoms with Crippen LogP contribution in [0.5, 0.6) is 0 Å². The second-order valence-electron chi connectivity index (χ2n) is 6.96. The maximum Gasteiger partial charge on any atom is 0.331 e. The Labute approximate surface area is 187 Å². The normalized spacial score (nSPS) is 11.1. The summed E-state index contributed by atoms with van der Waals surface area (Å²) in [5.74, 6) is 1.18. The molecule has 0 amide bonds. The summed E-state index contributed by atoms with van der Waals surface area (Å²) in [4.78, 5) is 30.1. The van der Waals surface area contributed by atoms with Crippen LogP contribution in [0.3, 0.4) is 0 Å². The van der Waals surface area contributed by atoms with Crippen LogP contribution in [0.4, 0.5) is 0 Å². The van der Waals surface area contributed by atoms with Gasteiger partial charge in [0, 0.05) is 23.2 Å². The number of hydrogen-bond donors (Lipinski definition) is 0. The van der Waals surface area contributed by atoms with Crippen molar-refractivity contribution in [3.63, 3.8) is 0 Å². The van der Waals surface area contributed by atoms with E-state index in [0.717, 1.165) is 11.1 Å². The Morgan fingerprint density at radius 3 is 2.48 bits per heavy atom. The molecule has 0 spiro atoms. The van der Waals surface area contributed by atoms with Gasteiger partial charge in [-0.2, -0.15) is 4.98 Å². The van der Waals surface area contributed by atoms with E-state index in [-0.39, 0.29) is 17.8 Å². The molecule has 31 heavy (non-hydrogen) atoms. The number of aromatic nitrogens is 4. The molecule has 0 aliphatic rings. The molecule has 9 heteroatoms. The Morgan fingerprint density at radius 1 is 1.06 bits per heavy atom. The van der Waals surface area contributed by atoms with Gasteiger partial charge in [0.1, 0.15) is 0 Å². The van der Waals surface area contributed by atoms with Crippen molar-refractivity contribution < 1.29 is 4.52 Å². The Bertz CT molecular complexity index is 1290. The van der Waals surface area contributed by atoms with Gasteiger partial charge in [-0.15, -0.1) is 0 Å². The predicted octanol–water partition coefficient (Wildman–Crippen LogP) is 3.90. The number of rotatable bonds is 6. The van der Waals surface area contributed by atoms with Gasteiger partial charge >= 0.3 is 5.69 Å². The Hall–Kier alpha value is -3.10. The highest BCUT2D eigenvalue weighted by atomic mass is 35.5. The lowest BCUT2D eigenvalue weighted by Gasteiger charge is -2.14. The zero-order valence-electron chi connectivity index (χ0n) is 16.9. The third-order valence-corrected chi connectivity index (χ3v) is 6.29. The van der Waals surface area contributed by atoms with E-state index in [1.807, 2.05) is 42.5 Å². The van der Waals surface area contributed by atoms with Crippen molar-refractivity contribution in [2.75, 3.05) is 0 Å². The highest BCUT2D eigenvalue weighted by Gasteiger charge is 2.17. The minimum Gasteiger partial charge on any atom is -0.338 e. The summed E-state index contributed by atoms with van der Waals surface area (Å²) >= 11 is 7.22. The van der Waals surface area contributed by atoms with Gasteiger partial charge in [0.05, 0.1) is 17.3 Å². The SMILES string of the molecule is Cc1c(SCc2nc(-c3ccc(Cl)cc3)no2)n(C)c(=O)n(Cc2ccccc2)c1=O. The largest absolute Gasteiger partial charge is 0.338 e. The third kappa shape index (κ3) is 4.50. The van der Waals surface area contributed by atoms with Gasteiger partial charge in [0.25, 0.3) is 5.56 Å². The van der Waals surface area contributed by atoms with Crippen LogP contribution >= 0.6 is 23.4 Å². The van der Waals surface area contributed by atoms with Crippen LogP contribution in [0, 0.1) is 6.92 Å². The standard InChI is InChI=1S/C22H19ClN4O3S/c1-14-20(28)27(12-15-6-4-3-5-7-15)22(29)26(2)21(14)31-13-18-24-19(25-30-18)16-8-10-17(23)11-9-16/h3-11H,12-13H2,1-2H3. The van der Waals surface area contributed by atoms with Crippen LogP contribution in [-0.2, 0) is 19.3 Å². The monoisotopic (exact) mass is 454 g/mol. The minimum absolute atomic E-state index is 0.228. The highest BCUT2D eigenvalue weighted by Crippen LogP contribution is 2.24. The topological polar surface area (TPSA) is 82.9 Å². The average molecular weight is 455 g/mol. The van der Waals surface area contributed by atoms with Crippen molar-refractivity contribution in [2.45, 2.75) is 24.2 Å². The molecule has 2 aromatic carbocycles. The first-order chi connectivity index (χ1) is 14.9. The Balaban J connectivity index is 1.56. The van der Waals surface area contributed by atoms with Gasteiger partial charge < -0.3 is 4.52 Å². The second kappa shape index (κ2) is 8.95. The molecule has 7 nitrogen and oxygen atoms in total. The fourth-order valence-electron chi connectivity index (χ4n) is 3.17. The molecule has 4 aromatic rings. The number of hydrogen-bond acceptors (Lipinski definition) is 6. The first kappa shape index (κ1) is 21.1. The van der Waals surface area contributed by atoms with E-state index in [1.165, 1.54) is 20.9 Å². The first-order valence-corrected chi connectivity index (χ1v) is 10.9. The summed E-state index contributed by atoms with van der Waals surface area (Å²) in [6.07, 6.45) is 0. The molecule has 0 aliphatic heterocycles. The summed E-state index contributed by atoms with van der Waals surface area (Å²) in [5, 5.41) is 5.19. The van der Waals surface area contributed by atoms with Crippen molar-refractivity contribution in [3.8, 4) is 11.4 Å². The van der Waals surface area contributed by atoms with Gasteiger partial charge in [-0.3, -0.25) is 13.9 Å². The van der Waals surface area contributed by atoms with E-state index in [9.17, 15) is 9.59 Å². The summed E-state index contributed by atoms with van der Waals surface area (Å²) in [7, 11) is 1.66. The van der Waals surface area contributed by atoms with Crippen molar-refractivity contribution >= 4 is 23.4 Å². The molecule has 0 bridgehead atoms. The number of nitrogens with zero attached hydrogens (tertiary/aromatic N) is 4. The molecule has 2 aromatic heterocycles. The summed E-state index contributed by atoms with van der Waals surface area (Å²) < 4.78 is 8.07. The Morgan fingerprint density at radius 2 is 1.77 bits per heavy atom. The fraction of sp³-hybridized carbons (Fsp3) is 0.182. The molecule has 0 saturated heterocycles. The predicted molar refractivity (Wildman–Crippen MR) is 121 cm³/mol. The van der Waals surface area contributed by atoms with Crippen molar-refractivity contribution in [3.05, 3.63) is 97.5 Å². The highest BCUT2D eigenvalue weighted by molar-refractivity contribution is 7.98. The van der Waals surface area contributed by atoms with E-state index < -0.39 is 0 Å². The van der Waals surface area contributed by atoms with Crippen LogP contribution in [-0.4, -0.2) is 19.3 Å². The van der Waals surface area contributed by atoms with Gasteiger partial charge in [-0.05, 0) is 36.8 Å². The second-order valence-corrected chi connectivity index (χ2v) is 8.36. The number of benzene rings is 2. The molecular formula is C22H19ClN4O3S. The molecule has 0 saturated carbocycles. The van der Waals surface area contributed by atoms with Crippen molar-refractivity contribution in [1.82, 2.24) is 19.3 Å². The maximum absolute atomic E-state index is 12.9. The lowest BCUT2D eigenvalue weighted by Crippen LogP contribution is -2.41. The number of thioether (sulfide) groups is 1. The van der Waals surface area contributed by atoms with Crippen molar-refractivity contribution in [1.29, 1.82) is 0 Å². The molecular weight excluding hydrogens is 436 g/mol. The van der Waals surface area contributed by atoms with E-state index in [1.54, 1.807) is 26.1 Å². The van der Waals surface area contributed by atoms with Gasteiger partial charge in [0.15, 0.2) is 0 Å². The molecule has 0 fully saturated rings. The van der Waals surface area contributed by atoms with E-state index >= 15 is 0 Å². The van der Waals surface area contributed by atoms with Crippen LogP contribution < -0.4 is 11.2 Å². The Kier molecular flexibility index (Phi) is 6.11. The zero-order valence-corrected chi connectivity index (χ0v) is 18.5. The molecule has 0 radical (unpaired) electrons. The lowest BCUT2D eigenvalue weighted by molar-refractivity contribution is 0.391. The summed E-state index contributed by atoms with van der Waals surface area (Å²) in [5.41, 5.74) is 1.51. The van der Waals surface area contributed by atoms with Crippen LogP contribution in [0.15, 0.2) is 73.7 Å². The summed E-state index contributed by atoms with van der Waals surface area (Å²) in [6.45, 7) is 1.95. The smallest absolute Gasteiger partial charge is 0.331 e. The van der Waals surface area contributed by atoms with E-state index in [2.05, 4.69) is 10.1 Å². The van der Waals surface area contributed by atoms with E-state index in [0.29, 0.717) is 33.1 Å². The summed E-state index contributed by atoms with van der Waals surface area (Å²) in [6, 6.07) is 16.6. The molecule has 0 N–H and O–H groups in total. The van der Waals surface area contributed by atoms with Gasteiger partial charge in [-0.25, -0.2) is 4.79 Å². The van der Waals surface area contributed by atoms with Gasteiger partial charge in [-0.1, -0.05) is 58.9 Å². The number of halogens is 1. The quantitative estimate of drug-likeness (QED) is 0.324. The van der Waals surface area contributed by atoms with Crippen LogP contribution in [0.2, 0.25) is 5.02 Å². The van der Waals surface area contributed by atoms with E-state index in [4.69, 9.17) is 16.1 Å². The molecule has 0 unspecified atom stereocenters. The van der Waals surface area contributed by atoms with Crippen LogP contribution in [0.1, 0.15) is 17.0 Å². The van der Waals surface area contributed by atoms with Gasteiger partial charge in [0.2, 0.25) is 11.7 Å². The molecule has 158 valence electrons. The average Bonchev–Trinajstić information content (AvgIpc) is 3.25. The molecule has 0 aliphatic carbocycles. The zero-order chi connectivity index (χ0) is 22.0. The first-order valence-electron chi connectivity index (χ1n) is 9.49. The molecule has 2 heterocycles.